The zero-order valence-corrected chi connectivity index (χ0v) is 29.5. The highest BCUT2D eigenvalue weighted by molar-refractivity contribution is 5.93. The van der Waals surface area contributed by atoms with Gasteiger partial charge in [0.15, 0.2) is 0 Å². The van der Waals surface area contributed by atoms with Crippen LogP contribution in [0.4, 0.5) is 0 Å². The van der Waals surface area contributed by atoms with E-state index in [-0.39, 0.29) is 30.5 Å². The molecule has 2 atom stereocenters. The quantitative estimate of drug-likeness (QED) is 0.186. The molecule has 0 saturated heterocycles. The molecule has 5 heteroatoms. The van der Waals surface area contributed by atoms with Crippen LogP contribution in [0.15, 0.2) is 120 Å². The lowest BCUT2D eigenvalue weighted by atomic mass is 9.79. The Kier molecular flexibility index (Phi) is 13.7. The van der Waals surface area contributed by atoms with Gasteiger partial charge in [-0.05, 0) is 64.2 Å². The first kappa shape index (κ1) is 36.2. The summed E-state index contributed by atoms with van der Waals surface area (Å²) in [5.74, 6) is 0.110. The topological polar surface area (TPSA) is 53.6 Å². The Hall–Kier alpha value is -4.25. The summed E-state index contributed by atoms with van der Waals surface area (Å²) >= 11 is 0. The van der Waals surface area contributed by atoms with E-state index in [1.807, 2.05) is 33.0 Å². The number of ether oxygens (including phenoxy) is 1. The molecule has 3 aromatic rings. The molecule has 0 spiro atoms. The van der Waals surface area contributed by atoms with Gasteiger partial charge < -0.3 is 20.3 Å². The number of aryl methyl sites for hydroxylation is 1. The predicted molar refractivity (Wildman–Crippen MR) is 193 cm³/mol. The van der Waals surface area contributed by atoms with Crippen LogP contribution >= 0.6 is 0 Å². The highest BCUT2D eigenvalue weighted by atomic mass is 16.5. The van der Waals surface area contributed by atoms with E-state index in [0.717, 1.165) is 34.5 Å². The Morgan fingerprint density at radius 1 is 0.913 bits per heavy atom. The lowest BCUT2D eigenvalue weighted by Gasteiger charge is -2.41. The molecule has 246 valence electrons. The normalized spacial score (nSPS) is 15.2. The summed E-state index contributed by atoms with van der Waals surface area (Å²) in [5, 5.41) is 6.77. The minimum Gasteiger partial charge on any atom is -0.462 e. The number of nitrogens with one attached hydrogen (secondary N) is 2. The van der Waals surface area contributed by atoms with E-state index in [1.165, 1.54) is 11.1 Å². The van der Waals surface area contributed by atoms with Gasteiger partial charge in [-0.25, -0.2) is 4.79 Å². The molecule has 0 radical (unpaired) electrons. The van der Waals surface area contributed by atoms with Crippen LogP contribution in [0.2, 0.25) is 0 Å². The van der Waals surface area contributed by atoms with Crippen molar-refractivity contribution in [2.75, 3.05) is 13.7 Å². The van der Waals surface area contributed by atoms with Gasteiger partial charge in [0, 0.05) is 47.9 Å². The highest BCUT2D eigenvalue weighted by Crippen LogP contribution is 2.43. The minimum atomic E-state index is -0.344. The van der Waals surface area contributed by atoms with Crippen LogP contribution in [0.1, 0.15) is 95.4 Å². The Morgan fingerprint density at radius 2 is 1.50 bits per heavy atom. The van der Waals surface area contributed by atoms with Gasteiger partial charge in [-0.2, -0.15) is 0 Å². The van der Waals surface area contributed by atoms with Crippen molar-refractivity contribution in [1.82, 2.24) is 15.5 Å². The van der Waals surface area contributed by atoms with Crippen LogP contribution in [-0.2, 0) is 9.53 Å². The lowest BCUT2D eigenvalue weighted by Crippen LogP contribution is -2.42. The van der Waals surface area contributed by atoms with Crippen LogP contribution in [-0.4, -0.2) is 36.6 Å². The van der Waals surface area contributed by atoms with Gasteiger partial charge >= 0.3 is 5.97 Å². The van der Waals surface area contributed by atoms with E-state index in [1.54, 1.807) is 0 Å². The summed E-state index contributed by atoms with van der Waals surface area (Å²) in [6, 6.07) is 29.8. The van der Waals surface area contributed by atoms with Crippen molar-refractivity contribution in [2.45, 2.75) is 92.2 Å². The van der Waals surface area contributed by atoms with Crippen LogP contribution in [0, 0.1) is 6.92 Å². The largest absolute Gasteiger partial charge is 0.462 e. The maximum absolute atomic E-state index is 14.2. The molecule has 0 amide bonds. The van der Waals surface area contributed by atoms with Gasteiger partial charge in [-0.1, -0.05) is 118 Å². The fourth-order valence-corrected chi connectivity index (χ4v) is 6.48. The number of allylic oxidation sites excluding steroid dienone is 2. The van der Waals surface area contributed by atoms with Crippen LogP contribution < -0.4 is 10.6 Å². The molecule has 4 rings (SSSR count). The number of dihydropyridines is 1. The van der Waals surface area contributed by atoms with E-state index in [2.05, 4.69) is 136 Å². The van der Waals surface area contributed by atoms with Crippen LogP contribution in [0.25, 0.3) is 0 Å². The zero-order valence-electron chi connectivity index (χ0n) is 29.5. The van der Waals surface area contributed by atoms with E-state index >= 15 is 0 Å². The molecule has 0 aliphatic carbocycles. The molecule has 3 aromatic carbocycles. The average Bonchev–Trinajstić information content (AvgIpc) is 3.07. The Balaban J connectivity index is 0.00000282. The number of carbonyl (C=O) groups is 1. The molecule has 2 unspecified atom stereocenters. The Morgan fingerprint density at radius 3 is 2.00 bits per heavy atom. The first-order chi connectivity index (χ1) is 22.2. The number of hydrogen-bond donors (Lipinski definition) is 2. The molecule has 0 saturated carbocycles. The smallest absolute Gasteiger partial charge is 0.338 e. The van der Waals surface area contributed by atoms with E-state index in [0.29, 0.717) is 23.9 Å². The minimum absolute atomic E-state index is 0.118. The first-order valence-corrected chi connectivity index (χ1v) is 16.9. The second-order valence-electron chi connectivity index (χ2n) is 12.1. The maximum Gasteiger partial charge on any atom is 0.338 e. The predicted octanol–water partition coefficient (Wildman–Crippen LogP) is 9.20. The molecular weight excluding hydrogens is 566 g/mol. The number of esters is 1. The van der Waals surface area contributed by atoms with Crippen molar-refractivity contribution in [3.8, 4) is 0 Å². The number of hydrogen-bond acceptors (Lipinski definition) is 5. The molecule has 0 aromatic heterocycles. The molecule has 46 heavy (non-hydrogen) atoms. The second-order valence-corrected chi connectivity index (χ2v) is 12.1. The van der Waals surface area contributed by atoms with Gasteiger partial charge in [0.1, 0.15) is 5.82 Å². The number of carbonyl (C=O) groups excluding carboxylic acids is 1. The van der Waals surface area contributed by atoms with Gasteiger partial charge in [-0.3, -0.25) is 0 Å². The standard InChI is InChI=1S/C39H49N3O2.C2H6/c1-9-28(5)42(26(2)3)30(7)35-29(6)41-38(40-8)37(36(35)33-22-16-17-27(4)25-33)39(43)44-24-23-34(31-18-12-10-13-19-31)32-20-14-11-15-21-32;1-2/h10-22,25-26,28,34,36,40-41H,7,9,23-24H2,1-6,8H3;1-2H3. The van der Waals surface area contributed by atoms with Gasteiger partial charge in [0.25, 0.3) is 0 Å². The second kappa shape index (κ2) is 17.4. The van der Waals surface area contributed by atoms with Gasteiger partial charge in [0.2, 0.25) is 0 Å². The third kappa shape index (κ3) is 8.51. The first-order valence-electron chi connectivity index (χ1n) is 16.9. The van der Waals surface area contributed by atoms with Gasteiger partial charge in [0.05, 0.1) is 12.2 Å². The third-order valence-corrected chi connectivity index (χ3v) is 8.70. The van der Waals surface area contributed by atoms with Gasteiger partial charge in [-0.15, -0.1) is 0 Å². The number of benzene rings is 3. The number of nitrogens with zero attached hydrogens (tertiary/aromatic N) is 1. The maximum atomic E-state index is 14.2. The summed E-state index contributed by atoms with van der Waals surface area (Å²) in [5.41, 5.74) is 8.09. The van der Waals surface area contributed by atoms with Crippen molar-refractivity contribution in [1.29, 1.82) is 0 Å². The Bertz CT molecular complexity index is 1450. The van der Waals surface area contributed by atoms with Crippen molar-refractivity contribution >= 4 is 5.97 Å². The van der Waals surface area contributed by atoms with E-state index in [4.69, 9.17) is 4.74 Å². The summed E-state index contributed by atoms with van der Waals surface area (Å²) in [6.45, 7) is 21.9. The summed E-state index contributed by atoms with van der Waals surface area (Å²) in [6.07, 6.45) is 1.66. The molecule has 1 heterocycles. The zero-order chi connectivity index (χ0) is 33.8. The molecule has 2 N–H and O–H groups in total. The van der Waals surface area contributed by atoms with Crippen LogP contribution in [0.3, 0.4) is 0 Å². The third-order valence-electron chi connectivity index (χ3n) is 8.70. The van der Waals surface area contributed by atoms with E-state index < -0.39 is 0 Å². The molecule has 5 nitrogen and oxygen atoms in total. The molecule has 1 aliphatic rings. The molecule has 1 aliphatic heterocycles. The van der Waals surface area contributed by atoms with Crippen molar-refractivity contribution in [3.63, 3.8) is 0 Å². The SMILES string of the molecule is C=C(C1=C(C)NC(NC)=C(C(=O)OCCC(c2ccccc2)c2ccccc2)C1c1cccc(C)c1)N(C(C)C)C(C)CC.CC. The van der Waals surface area contributed by atoms with Crippen molar-refractivity contribution in [3.05, 3.63) is 142 Å². The van der Waals surface area contributed by atoms with E-state index in [9.17, 15) is 4.79 Å². The average molecular weight is 622 g/mol. The number of rotatable bonds is 13. The highest BCUT2D eigenvalue weighted by Gasteiger charge is 2.38. The Labute approximate surface area is 278 Å². The van der Waals surface area contributed by atoms with Crippen LogP contribution in [0.5, 0.6) is 0 Å². The fraction of sp³-hybridized carbons (Fsp3) is 0.390. The summed E-state index contributed by atoms with van der Waals surface area (Å²) in [4.78, 5) is 16.6. The molecule has 0 bridgehead atoms. The van der Waals surface area contributed by atoms with Crippen molar-refractivity contribution in [2.24, 2.45) is 0 Å². The monoisotopic (exact) mass is 621 g/mol. The fourth-order valence-electron chi connectivity index (χ4n) is 6.48. The molecular formula is C41H55N3O2. The lowest BCUT2D eigenvalue weighted by molar-refractivity contribution is -0.139. The van der Waals surface area contributed by atoms with Crippen molar-refractivity contribution < 1.29 is 9.53 Å². The summed E-state index contributed by atoms with van der Waals surface area (Å²) < 4.78 is 6.17. The summed E-state index contributed by atoms with van der Waals surface area (Å²) in [7, 11) is 1.84. The molecule has 0 fully saturated rings.